The second-order valence-corrected chi connectivity index (χ2v) is 13.9. The molecule has 1 aromatic carbocycles. The minimum atomic E-state index is -2.44. The highest BCUT2D eigenvalue weighted by Gasteiger charge is 2.50. The number of benzene rings is 1. The fraction of sp³-hybridized carbons (Fsp3) is 0.600. The Morgan fingerprint density at radius 1 is 1.03 bits per heavy atom. The van der Waals surface area contributed by atoms with Gasteiger partial charge in [0.2, 0.25) is 6.42 Å². The molecule has 0 bridgehead atoms. The lowest BCUT2D eigenvalue weighted by atomic mass is 9.82. The number of rotatable bonds is 4. The molecule has 6 heteroatoms. The summed E-state index contributed by atoms with van der Waals surface area (Å²) in [6, 6.07) is 10.6. The number of anilines is 1. The molecule has 2 saturated heterocycles. The van der Waals surface area contributed by atoms with Gasteiger partial charge in [-0.15, -0.1) is 0 Å². The Balaban J connectivity index is 1.62. The number of nitrogens with zero attached hydrogens (tertiary/aromatic N) is 1. The molecule has 4 aliphatic rings. The zero-order valence-corrected chi connectivity index (χ0v) is 20.7. The molecular formula is C25H37N3OPS+. The highest BCUT2D eigenvalue weighted by atomic mass is 32.4. The fourth-order valence-corrected chi connectivity index (χ4v) is 9.82. The van der Waals surface area contributed by atoms with Crippen molar-refractivity contribution in [3.63, 3.8) is 0 Å². The molecular weight excluding hydrogens is 421 g/mol. The highest BCUT2D eigenvalue weighted by Crippen LogP contribution is 2.68. The zero-order chi connectivity index (χ0) is 21.5. The third-order valence-electron chi connectivity index (χ3n) is 7.21. The minimum absolute atomic E-state index is 0.128. The van der Waals surface area contributed by atoms with E-state index in [9.17, 15) is 0 Å². The monoisotopic (exact) mass is 458 g/mol. The topological polar surface area (TPSA) is 28.9 Å². The molecule has 1 aromatic rings. The van der Waals surface area contributed by atoms with Gasteiger partial charge in [0.25, 0.3) is 0 Å². The maximum Gasteiger partial charge on any atom is 0.212 e. The van der Waals surface area contributed by atoms with Crippen molar-refractivity contribution in [3.8, 4) is 0 Å². The van der Waals surface area contributed by atoms with Gasteiger partial charge in [0, 0.05) is 6.42 Å². The molecule has 0 amide bonds. The lowest BCUT2D eigenvalue weighted by molar-refractivity contribution is -0.868. The Bertz CT molecular complexity index is 914. The number of hydrogen-bond donors (Lipinski definition) is 2. The molecule has 5 rings (SSSR count). The van der Waals surface area contributed by atoms with E-state index in [4.69, 9.17) is 16.3 Å². The van der Waals surface area contributed by atoms with E-state index in [1.165, 1.54) is 68.3 Å². The van der Waals surface area contributed by atoms with Crippen LogP contribution in [0.5, 0.6) is 0 Å². The fourth-order valence-electron chi connectivity index (χ4n) is 5.73. The van der Waals surface area contributed by atoms with Gasteiger partial charge in [-0.05, 0) is 61.5 Å². The molecule has 1 atom stereocenters. The predicted molar refractivity (Wildman–Crippen MR) is 132 cm³/mol. The number of piperidine rings is 1. The van der Waals surface area contributed by atoms with E-state index in [2.05, 4.69) is 60.5 Å². The maximum atomic E-state index is 7.04. The average Bonchev–Trinajstić information content (AvgIpc) is 3.06. The van der Waals surface area contributed by atoms with Gasteiger partial charge < -0.3 is 9.42 Å². The molecule has 0 aromatic heterocycles. The van der Waals surface area contributed by atoms with Crippen LogP contribution in [-0.4, -0.2) is 19.2 Å². The van der Waals surface area contributed by atoms with E-state index in [0.717, 1.165) is 24.9 Å². The van der Waals surface area contributed by atoms with E-state index in [1.807, 2.05) is 0 Å². The summed E-state index contributed by atoms with van der Waals surface area (Å²) in [5.74, 6) is 0. The van der Waals surface area contributed by atoms with Crippen LogP contribution in [0.1, 0.15) is 71.6 Å². The minimum Gasteiger partial charge on any atom is -0.326 e. The lowest BCUT2D eigenvalue weighted by Crippen LogP contribution is -3.11. The number of likely N-dealkylation sites (tertiary alicyclic amines) is 1. The average molecular weight is 459 g/mol. The van der Waals surface area contributed by atoms with Crippen LogP contribution in [-0.2, 0) is 16.3 Å². The normalized spacial score (nSPS) is 29.5. The van der Waals surface area contributed by atoms with Crippen LogP contribution in [0, 0.1) is 5.41 Å². The predicted octanol–water partition coefficient (Wildman–Crippen LogP) is 5.26. The van der Waals surface area contributed by atoms with Crippen molar-refractivity contribution in [3.05, 3.63) is 53.1 Å². The molecule has 0 radical (unpaired) electrons. The summed E-state index contributed by atoms with van der Waals surface area (Å²) in [4.78, 5) is 1.65. The van der Waals surface area contributed by atoms with E-state index in [0.29, 0.717) is 0 Å². The largest absolute Gasteiger partial charge is 0.326 e. The summed E-state index contributed by atoms with van der Waals surface area (Å²) in [6.07, 6.45) is 11.5. The van der Waals surface area contributed by atoms with Crippen LogP contribution in [0.15, 0.2) is 53.1 Å². The molecule has 2 aliphatic carbocycles. The van der Waals surface area contributed by atoms with Crippen LogP contribution in [0.4, 0.5) is 5.69 Å². The van der Waals surface area contributed by atoms with Crippen LogP contribution in [0.25, 0.3) is 0 Å². The third kappa shape index (κ3) is 4.27. The summed E-state index contributed by atoms with van der Waals surface area (Å²) in [7, 11) is 0. The first-order chi connectivity index (χ1) is 15.0. The third-order valence-corrected chi connectivity index (χ3v) is 11.0. The Hall–Kier alpha value is -1.13. The van der Waals surface area contributed by atoms with Gasteiger partial charge in [0.1, 0.15) is 11.0 Å². The Morgan fingerprint density at radius 2 is 1.71 bits per heavy atom. The molecule has 31 heavy (non-hydrogen) atoms. The molecule has 0 spiro atoms. The van der Waals surface area contributed by atoms with Crippen molar-refractivity contribution >= 4 is 23.9 Å². The van der Waals surface area contributed by atoms with Crippen molar-refractivity contribution < 1.29 is 9.42 Å². The molecule has 0 unspecified atom stereocenters. The van der Waals surface area contributed by atoms with E-state index < -0.39 is 6.42 Å². The van der Waals surface area contributed by atoms with Gasteiger partial charge >= 0.3 is 0 Å². The number of hydrazine groups is 1. The quantitative estimate of drug-likeness (QED) is 0.602. The Kier molecular flexibility index (Phi) is 6.07. The van der Waals surface area contributed by atoms with Gasteiger partial charge in [-0.1, -0.05) is 57.4 Å². The van der Waals surface area contributed by atoms with Gasteiger partial charge in [-0.2, -0.15) is 0 Å². The van der Waals surface area contributed by atoms with Crippen molar-refractivity contribution in [1.29, 1.82) is 0 Å². The van der Waals surface area contributed by atoms with E-state index >= 15 is 0 Å². The first-order valence-electron chi connectivity index (χ1n) is 12.2. The van der Waals surface area contributed by atoms with Gasteiger partial charge in [-0.25, -0.2) is 4.78 Å². The first-order valence-corrected chi connectivity index (χ1v) is 14.9. The summed E-state index contributed by atoms with van der Waals surface area (Å²) < 4.78 is 9.28. The van der Waals surface area contributed by atoms with E-state index in [-0.39, 0.29) is 11.5 Å². The van der Waals surface area contributed by atoms with Crippen molar-refractivity contribution in [1.82, 2.24) is 5.43 Å². The van der Waals surface area contributed by atoms with Gasteiger partial charge in [-0.3, -0.25) is 5.43 Å². The summed E-state index contributed by atoms with van der Waals surface area (Å²) in [5.41, 5.74) is 7.76. The Labute approximate surface area is 192 Å². The number of para-hydroxylation sites is 1. The van der Waals surface area contributed by atoms with Crippen molar-refractivity contribution in [2.75, 3.05) is 17.9 Å². The molecule has 2 heterocycles. The second-order valence-electron chi connectivity index (χ2n) is 10.4. The number of quaternary nitrogens is 1. The SMILES string of the molecule is CC1(C)C=C2NN(c3ccccc3)[P@](=S)(OC3CCCCC3)C2=C([NH+]2CCCCC2)C1. The van der Waals surface area contributed by atoms with Crippen LogP contribution in [0.2, 0.25) is 0 Å². The smallest absolute Gasteiger partial charge is 0.212 e. The van der Waals surface area contributed by atoms with Crippen LogP contribution < -0.4 is 15.1 Å². The van der Waals surface area contributed by atoms with Crippen LogP contribution >= 0.6 is 6.42 Å². The molecule has 2 N–H and O–H groups in total. The second kappa shape index (κ2) is 8.67. The van der Waals surface area contributed by atoms with Crippen molar-refractivity contribution in [2.24, 2.45) is 5.41 Å². The first kappa shape index (κ1) is 21.7. The molecule has 168 valence electrons. The summed E-state index contributed by atoms with van der Waals surface area (Å²) in [6.45, 7) is 7.18. The van der Waals surface area contributed by atoms with Gasteiger partial charge in [0.05, 0.1) is 30.6 Å². The molecule has 2 aliphatic heterocycles. The maximum absolute atomic E-state index is 7.04. The van der Waals surface area contributed by atoms with Crippen LogP contribution in [0.3, 0.4) is 0 Å². The molecule has 3 fully saturated rings. The molecule has 4 nitrogen and oxygen atoms in total. The Morgan fingerprint density at radius 3 is 2.42 bits per heavy atom. The highest BCUT2D eigenvalue weighted by molar-refractivity contribution is 8.15. The summed E-state index contributed by atoms with van der Waals surface area (Å²) in [5, 5.41) is 1.34. The lowest BCUT2D eigenvalue weighted by Gasteiger charge is -2.37. The van der Waals surface area contributed by atoms with E-state index in [1.54, 1.807) is 4.90 Å². The summed E-state index contributed by atoms with van der Waals surface area (Å²) >= 11 is 6.61. The number of hydrogen-bond acceptors (Lipinski definition) is 3. The standard InChI is InChI=1S/C25H36N3OPS/c1-25(2)18-22-24(23(19-25)27-16-10-5-11-17-27)30(31,29-21-14-8-4-9-15-21)28(26-22)20-12-6-3-7-13-20/h3,6-7,12-13,18,21,26H,4-5,8-11,14-17,19H2,1-2H3/p+1/t30-/m0/s1. The van der Waals surface area contributed by atoms with Gasteiger partial charge in [0.15, 0.2) is 0 Å². The number of fused-ring (bicyclic) bond motifs is 1. The van der Waals surface area contributed by atoms with Crippen molar-refractivity contribution in [2.45, 2.75) is 77.7 Å². The zero-order valence-electron chi connectivity index (χ0n) is 19.0. The number of allylic oxidation sites excluding steroid dienone is 3. The number of nitrogens with one attached hydrogen (secondary N) is 2. The molecule has 1 saturated carbocycles.